The van der Waals surface area contributed by atoms with E-state index in [4.69, 9.17) is 4.74 Å². The zero-order chi connectivity index (χ0) is 17.8. The first-order valence-corrected chi connectivity index (χ1v) is 8.60. The summed E-state index contributed by atoms with van der Waals surface area (Å²) in [6.45, 7) is 6.22. The van der Waals surface area contributed by atoms with Crippen LogP contribution in [0.5, 0.6) is 5.75 Å². The lowest BCUT2D eigenvalue weighted by Crippen LogP contribution is -2.49. The Balaban J connectivity index is 1.69. The number of para-hydroxylation sites is 2. The maximum atomic E-state index is 13.9. The third-order valence-corrected chi connectivity index (χ3v) is 4.24. The first kappa shape index (κ1) is 17.3. The van der Waals surface area contributed by atoms with Gasteiger partial charge in [-0.1, -0.05) is 24.3 Å². The molecule has 1 amide bonds. The molecule has 1 saturated heterocycles. The van der Waals surface area contributed by atoms with Crippen LogP contribution >= 0.6 is 0 Å². The molecule has 1 fully saturated rings. The molecule has 0 radical (unpaired) electrons. The fourth-order valence-corrected chi connectivity index (χ4v) is 3.03. The topological polar surface area (TPSA) is 32.8 Å². The molecule has 1 aliphatic rings. The van der Waals surface area contributed by atoms with Gasteiger partial charge in [0.15, 0.2) is 0 Å². The van der Waals surface area contributed by atoms with Crippen molar-refractivity contribution in [3.05, 3.63) is 59.9 Å². The van der Waals surface area contributed by atoms with Crippen molar-refractivity contribution in [3.8, 4) is 5.75 Å². The van der Waals surface area contributed by atoms with E-state index in [9.17, 15) is 9.18 Å². The average molecular weight is 342 g/mol. The minimum Gasteiger partial charge on any atom is -0.490 e. The van der Waals surface area contributed by atoms with Gasteiger partial charge in [0.2, 0.25) is 0 Å². The van der Waals surface area contributed by atoms with Gasteiger partial charge in [-0.3, -0.25) is 4.79 Å². The molecule has 1 heterocycles. The number of hydrogen-bond acceptors (Lipinski definition) is 3. The molecule has 3 rings (SSSR count). The molecular formula is C20H23FN2O2. The van der Waals surface area contributed by atoms with Gasteiger partial charge in [0, 0.05) is 26.2 Å². The Kier molecular flexibility index (Phi) is 5.22. The van der Waals surface area contributed by atoms with Crippen LogP contribution in [0.25, 0.3) is 0 Å². The number of ether oxygens (including phenoxy) is 1. The SMILES string of the molecule is CC(C)Oc1ccccc1C(=O)N1CCN(c2ccccc2F)CC1. The van der Waals surface area contributed by atoms with E-state index in [0.29, 0.717) is 43.2 Å². The summed E-state index contributed by atoms with van der Waals surface area (Å²) in [5.41, 5.74) is 1.17. The van der Waals surface area contributed by atoms with Crippen LogP contribution in [0.3, 0.4) is 0 Å². The molecule has 25 heavy (non-hydrogen) atoms. The van der Waals surface area contributed by atoms with E-state index >= 15 is 0 Å². The van der Waals surface area contributed by atoms with Crippen LogP contribution in [0.2, 0.25) is 0 Å². The number of amides is 1. The molecule has 0 aliphatic carbocycles. The highest BCUT2D eigenvalue weighted by Gasteiger charge is 2.25. The molecule has 0 atom stereocenters. The van der Waals surface area contributed by atoms with E-state index in [1.165, 1.54) is 6.07 Å². The standard InChI is InChI=1S/C20H23FN2O2/c1-15(2)25-19-10-6-3-7-16(19)20(24)23-13-11-22(12-14-23)18-9-5-4-8-17(18)21/h3-10,15H,11-14H2,1-2H3. The van der Waals surface area contributed by atoms with E-state index in [-0.39, 0.29) is 17.8 Å². The van der Waals surface area contributed by atoms with Crippen LogP contribution in [0.4, 0.5) is 10.1 Å². The lowest BCUT2D eigenvalue weighted by Gasteiger charge is -2.36. The summed E-state index contributed by atoms with van der Waals surface area (Å²) in [6, 6.07) is 14.1. The van der Waals surface area contributed by atoms with Crippen molar-refractivity contribution in [2.45, 2.75) is 20.0 Å². The zero-order valence-corrected chi connectivity index (χ0v) is 14.6. The number of benzene rings is 2. The summed E-state index contributed by atoms with van der Waals surface area (Å²) in [5, 5.41) is 0. The van der Waals surface area contributed by atoms with E-state index in [0.717, 1.165) is 0 Å². The van der Waals surface area contributed by atoms with Crippen LogP contribution in [0.1, 0.15) is 24.2 Å². The van der Waals surface area contributed by atoms with Gasteiger partial charge in [-0.05, 0) is 38.1 Å². The Morgan fingerprint density at radius 1 is 1.00 bits per heavy atom. The number of halogens is 1. The third kappa shape index (κ3) is 3.92. The Labute approximate surface area is 147 Å². The van der Waals surface area contributed by atoms with E-state index in [1.54, 1.807) is 23.1 Å². The summed E-state index contributed by atoms with van der Waals surface area (Å²) in [7, 11) is 0. The van der Waals surface area contributed by atoms with Crippen LogP contribution in [-0.4, -0.2) is 43.1 Å². The summed E-state index contributed by atoms with van der Waals surface area (Å²) >= 11 is 0. The molecule has 5 heteroatoms. The van der Waals surface area contributed by atoms with Crippen molar-refractivity contribution in [1.82, 2.24) is 4.90 Å². The number of piperazine rings is 1. The van der Waals surface area contributed by atoms with Gasteiger partial charge < -0.3 is 14.5 Å². The number of carbonyl (C=O) groups excluding carboxylic acids is 1. The average Bonchev–Trinajstić information content (AvgIpc) is 2.62. The number of carbonyl (C=O) groups is 1. The van der Waals surface area contributed by atoms with Crippen molar-refractivity contribution in [2.75, 3.05) is 31.1 Å². The highest BCUT2D eigenvalue weighted by molar-refractivity contribution is 5.97. The molecule has 0 N–H and O–H groups in total. The second-order valence-corrected chi connectivity index (χ2v) is 6.39. The zero-order valence-electron chi connectivity index (χ0n) is 14.6. The normalized spacial score (nSPS) is 14.7. The van der Waals surface area contributed by atoms with Crippen molar-refractivity contribution in [3.63, 3.8) is 0 Å². The van der Waals surface area contributed by atoms with Crippen molar-refractivity contribution in [1.29, 1.82) is 0 Å². The molecule has 2 aromatic rings. The van der Waals surface area contributed by atoms with E-state index in [2.05, 4.69) is 0 Å². The summed E-state index contributed by atoms with van der Waals surface area (Å²) < 4.78 is 19.7. The summed E-state index contributed by atoms with van der Waals surface area (Å²) in [5.74, 6) is 0.349. The maximum Gasteiger partial charge on any atom is 0.257 e. The lowest BCUT2D eigenvalue weighted by molar-refractivity contribution is 0.0740. The van der Waals surface area contributed by atoms with Crippen LogP contribution in [-0.2, 0) is 0 Å². The molecular weight excluding hydrogens is 319 g/mol. The van der Waals surface area contributed by atoms with Gasteiger partial charge in [0.25, 0.3) is 5.91 Å². The molecule has 132 valence electrons. The van der Waals surface area contributed by atoms with Gasteiger partial charge in [-0.25, -0.2) is 4.39 Å². The van der Waals surface area contributed by atoms with Gasteiger partial charge >= 0.3 is 0 Å². The second kappa shape index (κ2) is 7.55. The molecule has 0 unspecified atom stereocenters. The first-order valence-electron chi connectivity index (χ1n) is 8.60. The third-order valence-electron chi connectivity index (χ3n) is 4.24. The van der Waals surface area contributed by atoms with E-state index < -0.39 is 0 Å². The predicted octanol–water partition coefficient (Wildman–Crippen LogP) is 3.58. The van der Waals surface area contributed by atoms with Gasteiger partial charge in [0.05, 0.1) is 17.4 Å². The molecule has 4 nitrogen and oxygen atoms in total. The Morgan fingerprint density at radius 2 is 1.64 bits per heavy atom. The predicted molar refractivity (Wildman–Crippen MR) is 96.7 cm³/mol. The fourth-order valence-electron chi connectivity index (χ4n) is 3.03. The number of rotatable bonds is 4. The number of anilines is 1. The molecule has 0 aromatic heterocycles. The van der Waals surface area contributed by atoms with Crippen LogP contribution in [0, 0.1) is 5.82 Å². The lowest BCUT2D eigenvalue weighted by atomic mass is 10.1. The molecule has 2 aromatic carbocycles. The van der Waals surface area contributed by atoms with Gasteiger partial charge in [0.1, 0.15) is 11.6 Å². The number of hydrogen-bond donors (Lipinski definition) is 0. The molecule has 0 saturated carbocycles. The van der Waals surface area contributed by atoms with E-state index in [1.807, 2.05) is 43.0 Å². The minimum absolute atomic E-state index is 0.00635. The summed E-state index contributed by atoms with van der Waals surface area (Å²) in [6.07, 6.45) is 0.00635. The highest BCUT2D eigenvalue weighted by Crippen LogP contribution is 2.24. The first-order chi connectivity index (χ1) is 12.1. The summed E-state index contributed by atoms with van der Waals surface area (Å²) in [4.78, 5) is 16.7. The quantitative estimate of drug-likeness (QED) is 0.851. The fraction of sp³-hybridized carbons (Fsp3) is 0.350. The largest absolute Gasteiger partial charge is 0.490 e. The highest BCUT2D eigenvalue weighted by atomic mass is 19.1. The van der Waals surface area contributed by atoms with Crippen molar-refractivity contribution in [2.24, 2.45) is 0 Å². The molecule has 0 bridgehead atoms. The monoisotopic (exact) mass is 342 g/mol. The van der Waals surface area contributed by atoms with Crippen molar-refractivity contribution >= 4 is 11.6 Å². The molecule has 1 aliphatic heterocycles. The van der Waals surface area contributed by atoms with Crippen LogP contribution in [0.15, 0.2) is 48.5 Å². The Bertz CT molecular complexity index is 740. The second-order valence-electron chi connectivity index (χ2n) is 6.39. The number of nitrogens with zero attached hydrogens (tertiary/aromatic N) is 2. The minimum atomic E-state index is -0.224. The smallest absolute Gasteiger partial charge is 0.257 e. The van der Waals surface area contributed by atoms with Crippen LogP contribution < -0.4 is 9.64 Å². The van der Waals surface area contributed by atoms with Gasteiger partial charge in [-0.15, -0.1) is 0 Å². The van der Waals surface area contributed by atoms with Crippen molar-refractivity contribution < 1.29 is 13.9 Å². The Morgan fingerprint density at radius 3 is 2.32 bits per heavy atom. The Hall–Kier alpha value is -2.56. The maximum absolute atomic E-state index is 13.9. The van der Waals surface area contributed by atoms with Gasteiger partial charge in [-0.2, -0.15) is 0 Å². The molecule has 0 spiro atoms.